The van der Waals surface area contributed by atoms with Gasteiger partial charge in [-0.15, -0.1) is 24.8 Å². The van der Waals surface area contributed by atoms with Gasteiger partial charge in [0.15, 0.2) is 0 Å². The van der Waals surface area contributed by atoms with Gasteiger partial charge in [-0.3, -0.25) is 5.41 Å². The van der Waals surface area contributed by atoms with Crippen molar-refractivity contribution in [3.63, 3.8) is 0 Å². The number of rotatable bonds is 2. The van der Waals surface area contributed by atoms with Crippen molar-refractivity contribution in [2.75, 3.05) is 5.73 Å². The highest BCUT2D eigenvalue weighted by Crippen LogP contribution is 2.25. The first-order chi connectivity index (χ1) is 7.00. The van der Waals surface area contributed by atoms with Crippen LogP contribution in [0, 0.1) is 5.41 Å². The average molecular weight is 319 g/mol. The first-order valence-corrected chi connectivity index (χ1v) is 4.64. The molecule has 0 spiro atoms. The summed E-state index contributed by atoms with van der Waals surface area (Å²) in [5.74, 6) is -0.270. The van der Waals surface area contributed by atoms with Gasteiger partial charge in [0.25, 0.3) is 0 Å². The third kappa shape index (κ3) is 5.83. The zero-order valence-corrected chi connectivity index (χ0v) is 11.6. The molecular formula is C8H11Cl4N5. The fourth-order valence-corrected chi connectivity index (χ4v) is 1.50. The minimum Gasteiger partial charge on any atom is -0.399 e. The van der Waals surface area contributed by atoms with Gasteiger partial charge in [-0.2, -0.15) is 5.10 Å². The number of hydrogen-bond acceptors (Lipinski definition) is 3. The Hall–Kier alpha value is -0.880. The summed E-state index contributed by atoms with van der Waals surface area (Å²) in [6.07, 6.45) is 1.37. The second-order valence-electron chi connectivity index (χ2n) is 2.68. The summed E-state index contributed by atoms with van der Waals surface area (Å²) in [6, 6.07) is 3.12. The van der Waals surface area contributed by atoms with E-state index in [9.17, 15) is 0 Å². The van der Waals surface area contributed by atoms with Gasteiger partial charge in [0.2, 0.25) is 5.96 Å². The first-order valence-electron chi connectivity index (χ1n) is 3.88. The highest BCUT2D eigenvalue weighted by Gasteiger charge is 2.04. The number of nitrogens with zero attached hydrogens (tertiary/aromatic N) is 1. The number of nitrogen functional groups attached to an aromatic ring is 1. The molecular weight excluding hydrogens is 308 g/mol. The van der Waals surface area contributed by atoms with Crippen molar-refractivity contribution in [3.8, 4) is 0 Å². The summed E-state index contributed by atoms with van der Waals surface area (Å²) in [5, 5.41) is 11.3. The molecule has 1 aromatic rings. The van der Waals surface area contributed by atoms with E-state index in [0.717, 1.165) is 0 Å². The molecule has 96 valence electrons. The third-order valence-electron chi connectivity index (χ3n) is 1.48. The lowest BCUT2D eigenvalue weighted by molar-refractivity contribution is 1.00. The second kappa shape index (κ2) is 8.25. The van der Waals surface area contributed by atoms with E-state index in [4.69, 9.17) is 40.1 Å². The minimum atomic E-state index is -0.270. The molecule has 0 aliphatic heterocycles. The molecule has 6 N–H and O–H groups in total. The molecule has 0 aromatic heterocycles. The first kappa shape index (κ1) is 18.5. The Morgan fingerprint density at radius 1 is 1.29 bits per heavy atom. The van der Waals surface area contributed by atoms with Gasteiger partial charge >= 0.3 is 0 Å². The maximum atomic E-state index is 6.87. The molecule has 9 heteroatoms. The van der Waals surface area contributed by atoms with Crippen LogP contribution >= 0.6 is 48.0 Å². The van der Waals surface area contributed by atoms with Crippen LogP contribution in [0.4, 0.5) is 5.69 Å². The number of benzene rings is 1. The Labute approximate surface area is 121 Å². The van der Waals surface area contributed by atoms with Crippen LogP contribution in [-0.2, 0) is 0 Å². The van der Waals surface area contributed by atoms with Crippen molar-refractivity contribution in [3.05, 3.63) is 27.7 Å². The number of halogens is 4. The molecule has 1 aromatic carbocycles. The van der Waals surface area contributed by atoms with Crippen molar-refractivity contribution >= 4 is 65.9 Å². The highest BCUT2D eigenvalue weighted by molar-refractivity contribution is 6.39. The summed E-state index contributed by atoms with van der Waals surface area (Å²) in [5.41, 5.74) is 13.8. The predicted molar refractivity (Wildman–Crippen MR) is 78.0 cm³/mol. The number of guanidine groups is 1. The Bertz CT molecular complexity index is 397. The van der Waals surface area contributed by atoms with Crippen LogP contribution in [0.5, 0.6) is 0 Å². The Balaban J connectivity index is 0. The van der Waals surface area contributed by atoms with Crippen LogP contribution in [0.3, 0.4) is 0 Å². The molecule has 0 bridgehead atoms. The van der Waals surface area contributed by atoms with Crippen molar-refractivity contribution < 1.29 is 0 Å². The Kier molecular flexibility index (Phi) is 8.97. The number of hydrogen-bond donors (Lipinski definition) is 4. The average Bonchev–Trinajstić information content (AvgIpc) is 2.08. The fourth-order valence-electron chi connectivity index (χ4n) is 0.894. The summed E-state index contributed by atoms with van der Waals surface area (Å²) in [7, 11) is 0. The van der Waals surface area contributed by atoms with Gasteiger partial charge in [-0.1, -0.05) is 23.2 Å². The molecule has 0 heterocycles. The maximum Gasteiger partial charge on any atom is 0.206 e. The van der Waals surface area contributed by atoms with E-state index in [1.807, 2.05) is 0 Å². The van der Waals surface area contributed by atoms with E-state index < -0.39 is 0 Å². The normalized spacial score (nSPS) is 9.29. The monoisotopic (exact) mass is 317 g/mol. The van der Waals surface area contributed by atoms with E-state index in [0.29, 0.717) is 21.3 Å². The molecule has 17 heavy (non-hydrogen) atoms. The lowest BCUT2D eigenvalue weighted by atomic mass is 10.2. The SMILES string of the molecule is Cl.Cl.N=C(N)NN=Cc1c(Cl)cc(N)cc1Cl. The Morgan fingerprint density at radius 2 is 1.76 bits per heavy atom. The van der Waals surface area contributed by atoms with Gasteiger partial charge in [0.05, 0.1) is 16.3 Å². The molecule has 0 aliphatic rings. The van der Waals surface area contributed by atoms with E-state index >= 15 is 0 Å². The van der Waals surface area contributed by atoms with Crippen molar-refractivity contribution in [1.29, 1.82) is 5.41 Å². The number of hydrazone groups is 1. The molecule has 5 nitrogen and oxygen atoms in total. The Morgan fingerprint density at radius 3 is 2.18 bits per heavy atom. The lowest BCUT2D eigenvalue weighted by Gasteiger charge is -2.03. The zero-order valence-electron chi connectivity index (χ0n) is 8.41. The van der Waals surface area contributed by atoms with Crippen molar-refractivity contribution in [2.45, 2.75) is 0 Å². The molecule has 0 fully saturated rings. The summed E-state index contributed by atoms with van der Waals surface area (Å²) < 4.78 is 0. The summed E-state index contributed by atoms with van der Waals surface area (Å²) in [6.45, 7) is 0. The molecule has 0 unspecified atom stereocenters. The van der Waals surface area contributed by atoms with Crippen molar-refractivity contribution in [1.82, 2.24) is 5.43 Å². The van der Waals surface area contributed by atoms with E-state index in [1.165, 1.54) is 6.21 Å². The smallest absolute Gasteiger partial charge is 0.206 e. The molecule has 0 saturated carbocycles. The number of nitrogens with two attached hydrogens (primary N) is 2. The zero-order chi connectivity index (χ0) is 11.4. The molecule has 0 amide bonds. The fraction of sp³-hybridized carbons (Fsp3) is 0. The van der Waals surface area contributed by atoms with E-state index in [-0.39, 0.29) is 30.8 Å². The van der Waals surface area contributed by atoms with Crippen LogP contribution in [0.25, 0.3) is 0 Å². The lowest BCUT2D eigenvalue weighted by Crippen LogP contribution is -2.25. The quantitative estimate of drug-likeness (QED) is 0.291. The minimum absolute atomic E-state index is 0. The second-order valence-corrected chi connectivity index (χ2v) is 3.50. The largest absolute Gasteiger partial charge is 0.399 e. The topological polar surface area (TPSA) is 100 Å². The molecule has 0 atom stereocenters. The standard InChI is InChI=1S/C8H9Cl2N5.2ClH/c9-6-1-4(11)2-7(10)5(6)3-14-15-8(12)13;;/h1-3H,11H2,(H4,12,13,15);2*1H. The van der Waals surface area contributed by atoms with Crippen LogP contribution in [0.15, 0.2) is 17.2 Å². The van der Waals surface area contributed by atoms with Gasteiger partial charge < -0.3 is 11.5 Å². The number of nitrogens with one attached hydrogen (secondary N) is 2. The van der Waals surface area contributed by atoms with Gasteiger partial charge in [0.1, 0.15) is 0 Å². The third-order valence-corrected chi connectivity index (χ3v) is 2.11. The van der Waals surface area contributed by atoms with Crippen LogP contribution in [0.1, 0.15) is 5.56 Å². The van der Waals surface area contributed by atoms with Gasteiger partial charge in [0, 0.05) is 11.3 Å². The van der Waals surface area contributed by atoms with E-state index in [2.05, 4.69) is 10.5 Å². The maximum absolute atomic E-state index is 6.87. The van der Waals surface area contributed by atoms with Crippen LogP contribution in [-0.4, -0.2) is 12.2 Å². The van der Waals surface area contributed by atoms with E-state index in [1.54, 1.807) is 12.1 Å². The van der Waals surface area contributed by atoms with Gasteiger partial charge in [-0.25, -0.2) is 5.43 Å². The predicted octanol–water partition coefficient (Wildman–Crippen LogP) is 2.24. The van der Waals surface area contributed by atoms with Crippen LogP contribution in [0.2, 0.25) is 10.0 Å². The molecule has 1 rings (SSSR count). The highest BCUT2D eigenvalue weighted by atomic mass is 35.5. The summed E-state index contributed by atoms with van der Waals surface area (Å²) >= 11 is 11.8. The molecule has 0 saturated heterocycles. The van der Waals surface area contributed by atoms with Gasteiger partial charge in [-0.05, 0) is 12.1 Å². The van der Waals surface area contributed by atoms with Crippen molar-refractivity contribution in [2.24, 2.45) is 10.8 Å². The molecule has 0 aliphatic carbocycles. The van der Waals surface area contributed by atoms with Crippen LogP contribution < -0.4 is 16.9 Å². The number of anilines is 1. The molecule has 0 radical (unpaired) electrons. The summed E-state index contributed by atoms with van der Waals surface area (Å²) in [4.78, 5) is 0.